The zero-order valence-corrected chi connectivity index (χ0v) is 18.8. The van der Waals surface area contributed by atoms with Crippen LogP contribution in [0, 0.1) is 5.92 Å². The van der Waals surface area contributed by atoms with Gasteiger partial charge >= 0.3 is 11.9 Å². The smallest absolute Gasteiger partial charge is 0.332 e. The third kappa shape index (κ3) is 9.33. The number of esters is 2. The van der Waals surface area contributed by atoms with Gasteiger partial charge in [0.15, 0.2) is 0 Å². The van der Waals surface area contributed by atoms with E-state index in [4.69, 9.17) is 23.7 Å². The minimum absolute atomic E-state index is 0.0274. The largest absolute Gasteiger partial charge is 0.469 e. The lowest BCUT2D eigenvalue weighted by molar-refractivity contribution is -0.152. The first-order valence-electron chi connectivity index (χ1n) is 10.8. The summed E-state index contributed by atoms with van der Waals surface area (Å²) in [6.07, 6.45) is 1.20. The van der Waals surface area contributed by atoms with Crippen LogP contribution in [0.15, 0.2) is 30.3 Å². The van der Waals surface area contributed by atoms with Gasteiger partial charge in [-0.2, -0.15) is 0 Å². The van der Waals surface area contributed by atoms with Gasteiger partial charge in [-0.3, -0.25) is 9.59 Å². The molecule has 1 aliphatic heterocycles. The van der Waals surface area contributed by atoms with Crippen LogP contribution in [0.4, 0.5) is 0 Å². The van der Waals surface area contributed by atoms with Gasteiger partial charge in [-0.1, -0.05) is 30.3 Å². The Kier molecular flexibility index (Phi) is 11.7. The van der Waals surface area contributed by atoms with Crippen molar-refractivity contribution < 1.29 is 38.1 Å². The van der Waals surface area contributed by atoms with Gasteiger partial charge in [0, 0.05) is 12.6 Å². The second-order valence-corrected chi connectivity index (χ2v) is 7.54. The van der Waals surface area contributed by atoms with Gasteiger partial charge in [0.1, 0.15) is 19.8 Å². The molecule has 1 aliphatic rings. The highest BCUT2D eigenvalue weighted by atomic mass is 16.6. The standard InChI is InChI=1S/C23H33NO8/c1-18-14-20(23(27)28-2)8-9-24(18)21(25)16-30-12-10-29-11-13-31-17-22(26)32-15-19-6-4-3-5-7-19/h3-7,18,20H,8-17H2,1-2H3/t18-,20-/m0/s1. The molecule has 32 heavy (non-hydrogen) atoms. The summed E-state index contributed by atoms with van der Waals surface area (Å²) in [6.45, 7) is 3.66. The van der Waals surface area contributed by atoms with Crippen molar-refractivity contribution in [3.8, 4) is 0 Å². The first-order valence-corrected chi connectivity index (χ1v) is 10.8. The SMILES string of the molecule is COC(=O)[C@H]1CCN(C(=O)COCCOCCOCC(=O)OCc2ccccc2)[C@@H](C)C1. The van der Waals surface area contributed by atoms with Crippen molar-refractivity contribution in [1.82, 2.24) is 4.90 Å². The molecule has 0 N–H and O–H groups in total. The number of methoxy groups -OCH3 is 1. The molecule has 178 valence electrons. The molecule has 1 aromatic carbocycles. The van der Waals surface area contributed by atoms with Crippen LogP contribution in [-0.4, -0.2) is 82.1 Å². The Morgan fingerprint density at radius 1 is 0.969 bits per heavy atom. The Morgan fingerprint density at radius 3 is 2.28 bits per heavy atom. The third-order valence-electron chi connectivity index (χ3n) is 5.16. The van der Waals surface area contributed by atoms with Crippen LogP contribution in [0.3, 0.4) is 0 Å². The molecule has 1 fully saturated rings. The molecule has 2 rings (SSSR count). The van der Waals surface area contributed by atoms with Gasteiger partial charge in [0.25, 0.3) is 0 Å². The van der Waals surface area contributed by atoms with Crippen molar-refractivity contribution in [2.24, 2.45) is 5.92 Å². The number of ether oxygens (including phenoxy) is 5. The maximum atomic E-state index is 12.3. The number of hydrogen-bond acceptors (Lipinski definition) is 8. The number of likely N-dealkylation sites (tertiary alicyclic amines) is 1. The minimum Gasteiger partial charge on any atom is -0.469 e. The van der Waals surface area contributed by atoms with E-state index in [-0.39, 0.29) is 56.9 Å². The van der Waals surface area contributed by atoms with Crippen LogP contribution in [0.2, 0.25) is 0 Å². The summed E-state index contributed by atoms with van der Waals surface area (Å²) in [6, 6.07) is 9.39. The van der Waals surface area contributed by atoms with Crippen LogP contribution in [-0.2, 0) is 44.7 Å². The quantitative estimate of drug-likeness (QED) is 0.329. The molecule has 1 saturated heterocycles. The number of piperidine rings is 1. The Labute approximate surface area is 188 Å². The fourth-order valence-corrected chi connectivity index (χ4v) is 3.44. The summed E-state index contributed by atoms with van der Waals surface area (Å²) in [7, 11) is 1.38. The molecule has 9 heteroatoms. The molecular formula is C23H33NO8. The van der Waals surface area contributed by atoms with Crippen molar-refractivity contribution in [1.29, 1.82) is 0 Å². The molecule has 0 aliphatic carbocycles. The highest BCUT2D eigenvalue weighted by Crippen LogP contribution is 2.23. The van der Waals surface area contributed by atoms with E-state index in [0.717, 1.165) is 5.56 Å². The molecule has 0 bridgehead atoms. The number of hydrogen-bond donors (Lipinski definition) is 0. The normalized spacial score (nSPS) is 18.2. The maximum Gasteiger partial charge on any atom is 0.332 e. The third-order valence-corrected chi connectivity index (χ3v) is 5.16. The summed E-state index contributed by atoms with van der Waals surface area (Å²) < 4.78 is 25.9. The van der Waals surface area contributed by atoms with Gasteiger partial charge in [0.2, 0.25) is 5.91 Å². The minimum atomic E-state index is -0.430. The van der Waals surface area contributed by atoms with Gasteiger partial charge in [-0.15, -0.1) is 0 Å². The lowest BCUT2D eigenvalue weighted by atomic mass is 9.91. The lowest BCUT2D eigenvalue weighted by Crippen LogP contribution is -2.47. The van der Waals surface area contributed by atoms with Gasteiger partial charge in [-0.05, 0) is 25.3 Å². The van der Waals surface area contributed by atoms with E-state index in [1.807, 2.05) is 37.3 Å². The average Bonchev–Trinajstić information content (AvgIpc) is 2.81. The van der Waals surface area contributed by atoms with Gasteiger partial charge < -0.3 is 28.6 Å². The van der Waals surface area contributed by atoms with Crippen molar-refractivity contribution in [2.75, 3.05) is 53.3 Å². The zero-order valence-electron chi connectivity index (χ0n) is 18.8. The fraction of sp³-hybridized carbons (Fsp3) is 0.609. The Hall–Kier alpha value is -2.49. The van der Waals surface area contributed by atoms with Crippen LogP contribution in [0.5, 0.6) is 0 Å². The molecule has 1 heterocycles. The molecule has 0 unspecified atom stereocenters. The van der Waals surface area contributed by atoms with E-state index < -0.39 is 5.97 Å². The average molecular weight is 452 g/mol. The topological polar surface area (TPSA) is 101 Å². The molecule has 1 aromatic rings. The van der Waals surface area contributed by atoms with Gasteiger partial charge in [-0.25, -0.2) is 4.79 Å². The van der Waals surface area contributed by atoms with Crippen molar-refractivity contribution in [2.45, 2.75) is 32.4 Å². The Bertz CT molecular complexity index is 711. The molecule has 9 nitrogen and oxygen atoms in total. The summed E-state index contributed by atoms with van der Waals surface area (Å²) in [5, 5.41) is 0. The first kappa shape index (κ1) is 25.8. The van der Waals surface area contributed by atoms with E-state index in [2.05, 4.69) is 0 Å². The molecule has 0 saturated carbocycles. The molecular weight excluding hydrogens is 418 g/mol. The van der Waals surface area contributed by atoms with Crippen molar-refractivity contribution in [3.05, 3.63) is 35.9 Å². The van der Waals surface area contributed by atoms with E-state index in [9.17, 15) is 14.4 Å². The van der Waals surface area contributed by atoms with E-state index in [1.165, 1.54) is 7.11 Å². The monoisotopic (exact) mass is 451 g/mol. The first-order chi connectivity index (χ1) is 15.5. The number of carbonyl (C=O) groups is 3. The van der Waals surface area contributed by atoms with E-state index in [0.29, 0.717) is 32.6 Å². The molecule has 0 aromatic heterocycles. The number of nitrogens with zero attached hydrogens (tertiary/aromatic N) is 1. The predicted octanol–water partition coefficient (Wildman–Crippen LogP) is 1.58. The second kappa shape index (κ2) is 14.5. The van der Waals surface area contributed by atoms with Crippen molar-refractivity contribution in [3.63, 3.8) is 0 Å². The van der Waals surface area contributed by atoms with Gasteiger partial charge in [0.05, 0.1) is 39.5 Å². The highest BCUT2D eigenvalue weighted by Gasteiger charge is 2.32. The molecule has 2 atom stereocenters. The molecule has 1 amide bonds. The van der Waals surface area contributed by atoms with Crippen LogP contribution in [0.1, 0.15) is 25.3 Å². The van der Waals surface area contributed by atoms with Crippen LogP contribution >= 0.6 is 0 Å². The Balaban J connectivity index is 1.44. The number of carbonyl (C=O) groups excluding carboxylic acids is 3. The van der Waals surface area contributed by atoms with E-state index >= 15 is 0 Å². The summed E-state index contributed by atoms with van der Waals surface area (Å²) in [5.74, 6) is -0.898. The maximum absolute atomic E-state index is 12.3. The molecule has 0 radical (unpaired) electrons. The highest BCUT2D eigenvalue weighted by molar-refractivity contribution is 5.78. The number of rotatable bonds is 13. The van der Waals surface area contributed by atoms with E-state index in [1.54, 1.807) is 4.90 Å². The number of amides is 1. The Morgan fingerprint density at radius 2 is 1.62 bits per heavy atom. The zero-order chi connectivity index (χ0) is 23.2. The summed E-state index contributed by atoms with van der Waals surface area (Å²) in [4.78, 5) is 37.3. The summed E-state index contributed by atoms with van der Waals surface area (Å²) in [5.41, 5.74) is 0.919. The number of benzene rings is 1. The summed E-state index contributed by atoms with van der Waals surface area (Å²) >= 11 is 0. The predicted molar refractivity (Wildman–Crippen MR) is 115 cm³/mol. The second-order valence-electron chi connectivity index (χ2n) is 7.54. The van der Waals surface area contributed by atoms with Crippen LogP contribution < -0.4 is 0 Å². The van der Waals surface area contributed by atoms with Crippen LogP contribution in [0.25, 0.3) is 0 Å². The lowest BCUT2D eigenvalue weighted by Gasteiger charge is -2.36. The fourth-order valence-electron chi connectivity index (χ4n) is 3.44. The molecule has 0 spiro atoms. The van der Waals surface area contributed by atoms with Crippen molar-refractivity contribution >= 4 is 17.8 Å².